The van der Waals surface area contributed by atoms with Crippen LogP contribution in [0.5, 0.6) is 0 Å². The third-order valence-corrected chi connectivity index (χ3v) is 4.35. The maximum Gasteiger partial charge on any atom is 2.00 e. The molecule has 2 saturated carbocycles. The van der Waals surface area contributed by atoms with Gasteiger partial charge in [0.25, 0.3) is 0 Å². The van der Waals surface area contributed by atoms with Gasteiger partial charge in [0.2, 0.25) is 0 Å². The third-order valence-electron chi connectivity index (χ3n) is 4.35. The van der Waals surface area contributed by atoms with Crippen molar-refractivity contribution in [2.45, 2.75) is 39.5 Å². The van der Waals surface area contributed by atoms with Gasteiger partial charge in [-0.1, -0.05) is 38.3 Å². The van der Waals surface area contributed by atoms with Gasteiger partial charge >= 0.3 is 51.0 Å². The van der Waals surface area contributed by atoms with Crippen LogP contribution in [-0.2, 0) is 53.1 Å². The van der Waals surface area contributed by atoms with Crippen LogP contribution in [0.2, 0.25) is 0 Å². The van der Waals surface area contributed by atoms with Gasteiger partial charge in [-0.15, -0.1) is 0 Å². The van der Waals surface area contributed by atoms with E-state index in [0.29, 0.717) is 5.92 Å². The van der Waals surface area contributed by atoms with Gasteiger partial charge in [0.1, 0.15) is 5.76 Å². The first kappa shape index (κ1) is 39.5. The minimum atomic E-state index is 0. The number of allylic oxidation sites excluding steroid dienone is 5. The van der Waals surface area contributed by atoms with Gasteiger partial charge in [-0.05, 0) is 94.3 Å². The predicted octanol–water partition coefficient (Wildman–Crippen LogP) is 5.91. The topological polar surface area (TPSA) is 68.9 Å². The molecule has 3 aliphatic carbocycles. The molecule has 0 aliphatic heterocycles. The second-order valence-corrected chi connectivity index (χ2v) is 6.37. The van der Waals surface area contributed by atoms with Crippen molar-refractivity contribution in [1.82, 2.24) is 0 Å². The molecule has 0 bridgehead atoms. The Balaban J connectivity index is -0.000000274. The van der Waals surface area contributed by atoms with E-state index in [0.717, 1.165) is 18.6 Å². The molecule has 10 radical (unpaired) electrons. The average molecular weight is 526 g/mol. The van der Waals surface area contributed by atoms with Crippen molar-refractivity contribution in [3.8, 4) is 0 Å². The summed E-state index contributed by atoms with van der Waals surface area (Å²) in [6.45, 7) is 18.0. The number of ether oxygens (including phenoxy) is 1. The zero-order chi connectivity index (χ0) is 23.9. The molecule has 3 rings (SSSR count). The minimum absolute atomic E-state index is 0. The number of methoxy groups -OCH3 is 1. The molecule has 3 aliphatic rings. The van der Waals surface area contributed by atoms with Crippen LogP contribution in [0.1, 0.15) is 39.5 Å². The van der Waals surface area contributed by atoms with Crippen LogP contribution in [0.15, 0.2) is 35.1 Å². The van der Waals surface area contributed by atoms with Crippen LogP contribution in [-0.4, -0.2) is 7.11 Å². The van der Waals surface area contributed by atoms with E-state index in [-0.39, 0.29) is 34.4 Å². The summed E-state index contributed by atoms with van der Waals surface area (Å²) < 4.78 is 28.1. The van der Waals surface area contributed by atoms with Crippen LogP contribution in [0.3, 0.4) is 0 Å². The van der Waals surface area contributed by atoms with Crippen LogP contribution in [0.4, 0.5) is 0 Å². The third kappa shape index (κ3) is 17.4. The summed E-state index contributed by atoms with van der Waals surface area (Å²) in [6, 6.07) is 0. The van der Waals surface area contributed by atoms with E-state index < -0.39 is 0 Å². The van der Waals surface area contributed by atoms with Crippen LogP contribution >= 0.6 is 0 Å². The minimum Gasteiger partial charge on any atom is -0.0312 e. The molecule has 1 atom stereocenters. The Morgan fingerprint density at radius 3 is 1.61 bits per heavy atom. The Labute approximate surface area is 223 Å². The van der Waals surface area contributed by atoms with Crippen molar-refractivity contribution >= 4 is 0 Å². The van der Waals surface area contributed by atoms with E-state index in [4.69, 9.17) is 18.7 Å². The fraction of sp³-hybridized carbons (Fsp3) is 0.296. The molecule has 0 spiro atoms. The van der Waals surface area contributed by atoms with Crippen molar-refractivity contribution in [3.05, 3.63) is 119 Å². The molecule has 4 nitrogen and oxygen atoms in total. The molecule has 2 fully saturated rings. The second kappa shape index (κ2) is 29.3. The number of hydrogen-bond acceptors (Lipinski definition) is 1. The van der Waals surface area contributed by atoms with Gasteiger partial charge in [0.05, 0.1) is 7.11 Å². The summed E-state index contributed by atoms with van der Waals surface area (Å²) in [6.07, 6.45) is 30.1. The normalized spacial score (nSPS) is 18.3. The van der Waals surface area contributed by atoms with Crippen molar-refractivity contribution < 1.29 is 53.1 Å². The summed E-state index contributed by atoms with van der Waals surface area (Å²) in [5.74, 6) is 2.71. The van der Waals surface area contributed by atoms with E-state index in [2.05, 4.69) is 77.7 Å². The van der Waals surface area contributed by atoms with Crippen molar-refractivity contribution in [1.29, 1.82) is 0 Å². The molecule has 0 heterocycles. The molecule has 1 unspecified atom stereocenters. The summed E-state index contributed by atoms with van der Waals surface area (Å²) in [7, 11) is 1.76. The fourth-order valence-corrected chi connectivity index (χ4v) is 3.18. The van der Waals surface area contributed by atoms with Gasteiger partial charge < -0.3 is 4.74 Å². The zero-order valence-corrected chi connectivity index (χ0v) is 21.6. The van der Waals surface area contributed by atoms with Gasteiger partial charge in [-0.2, -0.15) is 0 Å². The van der Waals surface area contributed by atoms with Gasteiger partial charge in [-0.25, -0.2) is 0 Å². The van der Waals surface area contributed by atoms with E-state index in [9.17, 15) is 0 Å². The SMILES string of the molecule is CCCC1=CC(OC)=CC([C]2[CH][CH][CH][CH]2)C(CCC)=C1.[C-]#[O+].[C-]#[O+].[C-]#[O+].[CH]1[CH][CH][CH][CH]1.[Cr].[Fe+2]. The first-order valence-corrected chi connectivity index (χ1v) is 9.94. The molecular weight excluding hydrogens is 496 g/mol. The largest absolute Gasteiger partial charge is 2.00 e. The Hall–Kier alpha value is -0.708. The number of rotatable bonds is 6. The summed E-state index contributed by atoms with van der Waals surface area (Å²) in [5.41, 5.74) is 2.89. The maximum atomic E-state index is 7.50. The van der Waals surface area contributed by atoms with Crippen LogP contribution in [0, 0.1) is 89.6 Å². The van der Waals surface area contributed by atoms with E-state index >= 15 is 0 Å². The molecule has 174 valence electrons. The Morgan fingerprint density at radius 2 is 1.21 bits per heavy atom. The Kier molecular flexibility index (Phi) is 35.1. The first-order chi connectivity index (χ1) is 15.3. The van der Waals surface area contributed by atoms with Gasteiger partial charge in [-0.3, -0.25) is 0 Å². The molecule has 0 N–H and O–H groups in total. The molecule has 0 amide bonds. The average Bonchev–Trinajstić information content (AvgIpc) is 3.56. The quantitative estimate of drug-likeness (QED) is 0.241. The first-order valence-electron chi connectivity index (χ1n) is 9.94. The monoisotopic (exact) mass is 526 g/mol. The molecule has 0 aromatic carbocycles. The standard InChI is InChI=1S/C19H25O.C5H5.3CO.Cr.Fe/c1-4-8-15-12-17(9-5-2)19(14-18(13-15)20-3)16-10-6-7-11-16;1-2-4-5-3-1;3*1-2;;/h6-7,10-14,19H,4-5,8-9H2,1-3H3;1-5H;;;;;/q;;;;;;+2. The van der Waals surface area contributed by atoms with Crippen molar-refractivity contribution in [2.24, 2.45) is 5.92 Å². The summed E-state index contributed by atoms with van der Waals surface area (Å²) in [5, 5.41) is 0. The summed E-state index contributed by atoms with van der Waals surface area (Å²) >= 11 is 0. The second-order valence-electron chi connectivity index (χ2n) is 6.37. The fourth-order valence-electron chi connectivity index (χ4n) is 3.18. The molecule has 0 aromatic heterocycles. The molecule has 33 heavy (non-hydrogen) atoms. The maximum absolute atomic E-state index is 7.50. The van der Waals surface area contributed by atoms with E-state index in [1.165, 1.54) is 29.9 Å². The molecular formula is C27H30CrFeO4+2. The predicted molar refractivity (Wildman–Crippen MR) is 118 cm³/mol. The molecule has 0 saturated heterocycles. The Bertz CT molecular complexity index is 573. The Morgan fingerprint density at radius 1 is 0.758 bits per heavy atom. The van der Waals surface area contributed by atoms with Gasteiger partial charge in [0.15, 0.2) is 0 Å². The smallest absolute Gasteiger partial charge is 0.0312 e. The van der Waals surface area contributed by atoms with Crippen LogP contribution < -0.4 is 0 Å². The van der Waals surface area contributed by atoms with Crippen molar-refractivity contribution in [2.75, 3.05) is 7.11 Å². The van der Waals surface area contributed by atoms with E-state index in [1.807, 2.05) is 32.1 Å². The van der Waals surface area contributed by atoms with Crippen LogP contribution in [0.25, 0.3) is 0 Å². The van der Waals surface area contributed by atoms with Gasteiger partial charge in [0, 0.05) is 23.3 Å². The zero-order valence-electron chi connectivity index (χ0n) is 19.2. The summed E-state index contributed by atoms with van der Waals surface area (Å²) in [4.78, 5) is 0. The molecule has 6 heteroatoms. The van der Waals surface area contributed by atoms with E-state index in [1.54, 1.807) is 7.11 Å². The van der Waals surface area contributed by atoms with Crippen molar-refractivity contribution in [3.63, 3.8) is 0 Å². The number of hydrogen-bond donors (Lipinski definition) is 0. The molecule has 0 aromatic rings.